The highest BCUT2D eigenvalue weighted by atomic mass is 35.5. The summed E-state index contributed by atoms with van der Waals surface area (Å²) in [5.74, 6) is 0.0841. The van der Waals surface area contributed by atoms with Crippen molar-refractivity contribution in [3.63, 3.8) is 0 Å². The molecule has 0 atom stereocenters. The van der Waals surface area contributed by atoms with Crippen molar-refractivity contribution in [3.05, 3.63) is 29.3 Å². The lowest BCUT2D eigenvalue weighted by Crippen LogP contribution is -2.56. The van der Waals surface area contributed by atoms with E-state index < -0.39 is 0 Å². The topological polar surface area (TPSA) is 115 Å². The van der Waals surface area contributed by atoms with Crippen LogP contribution in [0.1, 0.15) is 25.7 Å². The van der Waals surface area contributed by atoms with Gasteiger partial charge in [-0.25, -0.2) is 15.2 Å². The molecule has 4 amide bonds. The molecule has 2 aliphatic rings. The Morgan fingerprint density at radius 3 is 2.65 bits per heavy atom. The molecule has 0 aliphatic carbocycles. The van der Waals surface area contributed by atoms with Crippen LogP contribution in [0, 0.1) is 0 Å². The van der Waals surface area contributed by atoms with E-state index in [1.807, 2.05) is 18.2 Å². The van der Waals surface area contributed by atoms with Gasteiger partial charge in [-0.2, -0.15) is 0 Å². The number of likely N-dealkylation sites (tertiary alicyclic amines) is 1. The number of halogens is 1. The predicted molar refractivity (Wildman–Crippen MR) is 131 cm³/mol. The molecule has 2 saturated heterocycles. The van der Waals surface area contributed by atoms with Crippen LogP contribution in [0.3, 0.4) is 0 Å². The molecule has 2 aromatic rings. The van der Waals surface area contributed by atoms with Crippen LogP contribution in [-0.4, -0.2) is 84.0 Å². The highest BCUT2D eigenvalue weighted by Crippen LogP contribution is 2.30. The number of likely N-dealkylation sites (N-methyl/N-ethyl adjacent to an activating group) is 1. The summed E-state index contributed by atoms with van der Waals surface area (Å²) < 4.78 is 0. The van der Waals surface area contributed by atoms with E-state index in [0.717, 1.165) is 35.9 Å². The largest absolute Gasteiger partial charge is 0.384 e. The first-order valence-corrected chi connectivity index (χ1v) is 11.9. The number of nitrogens with two attached hydrogens (primary N) is 1. The molecule has 34 heavy (non-hydrogen) atoms. The number of hydrogen-bond acceptors (Lipinski definition) is 6. The van der Waals surface area contributed by atoms with Crippen molar-refractivity contribution in [1.29, 1.82) is 0 Å². The van der Waals surface area contributed by atoms with Crippen LogP contribution in [0.2, 0.25) is 5.02 Å². The summed E-state index contributed by atoms with van der Waals surface area (Å²) in [6.45, 7) is 2.73. The zero-order valence-corrected chi connectivity index (χ0v) is 20.1. The summed E-state index contributed by atoms with van der Waals surface area (Å²) >= 11 is 6.10. The summed E-state index contributed by atoms with van der Waals surface area (Å²) in [5.41, 5.74) is 10.3. The molecule has 0 bridgehead atoms. The van der Waals surface area contributed by atoms with Crippen LogP contribution in [0.25, 0.3) is 10.9 Å². The second-order valence-electron chi connectivity index (χ2n) is 8.70. The molecule has 11 heteroatoms. The molecular weight excluding hydrogens is 458 g/mol. The number of piperazine rings is 1. The van der Waals surface area contributed by atoms with E-state index in [4.69, 9.17) is 17.3 Å². The Morgan fingerprint density at radius 1 is 1.12 bits per heavy atom. The molecule has 0 radical (unpaired) electrons. The third-order valence-corrected chi connectivity index (χ3v) is 6.55. The number of aromatic nitrogens is 1. The third kappa shape index (κ3) is 5.44. The maximum atomic E-state index is 12.7. The number of carbonyl (C=O) groups is 3. The second kappa shape index (κ2) is 10.3. The predicted octanol–water partition coefficient (Wildman–Crippen LogP) is 2.08. The molecule has 0 spiro atoms. The average molecular weight is 488 g/mol. The number of fused-ring (bicyclic) bond motifs is 1. The van der Waals surface area contributed by atoms with Gasteiger partial charge in [0.2, 0.25) is 5.91 Å². The molecule has 4 rings (SSSR count). The fourth-order valence-corrected chi connectivity index (χ4v) is 4.53. The minimum absolute atomic E-state index is 0.00626. The summed E-state index contributed by atoms with van der Waals surface area (Å²) in [5, 5.41) is 2.72. The van der Waals surface area contributed by atoms with Crippen LogP contribution in [-0.2, 0) is 9.59 Å². The smallest absolute Gasteiger partial charge is 0.336 e. The fourth-order valence-electron chi connectivity index (χ4n) is 4.37. The number of nitrogen functional groups attached to an aromatic ring is 1. The molecule has 0 unspecified atom stereocenters. The Kier molecular flexibility index (Phi) is 7.26. The third-order valence-electron chi connectivity index (χ3n) is 6.31. The number of hydrazine groups is 1. The number of pyridine rings is 1. The highest BCUT2D eigenvalue weighted by molar-refractivity contribution is 6.31. The van der Waals surface area contributed by atoms with Gasteiger partial charge in [-0.1, -0.05) is 18.0 Å². The molecule has 2 fully saturated rings. The Balaban J connectivity index is 1.33. The van der Waals surface area contributed by atoms with E-state index in [-0.39, 0.29) is 24.4 Å². The van der Waals surface area contributed by atoms with E-state index in [0.29, 0.717) is 50.0 Å². The number of benzene rings is 1. The minimum Gasteiger partial charge on any atom is -0.384 e. The zero-order chi connectivity index (χ0) is 24.2. The first kappa shape index (κ1) is 23.9. The van der Waals surface area contributed by atoms with E-state index in [1.54, 1.807) is 15.9 Å². The normalized spacial score (nSPS) is 17.0. The fraction of sp³-hybridized carbons (Fsp3) is 0.478. The van der Waals surface area contributed by atoms with E-state index in [1.165, 1.54) is 12.1 Å². The van der Waals surface area contributed by atoms with Crippen molar-refractivity contribution in [1.82, 2.24) is 25.2 Å². The summed E-state index contributed by atoms with van der Waals surface area (Å²) in [7, 11) is 1.51. The first-order chi connectivity index (χ1) is 16.3. The molecule has 1 aromatic heterocycles. The van der Waals surface area contributed by atoms with Crippen molar-refractivity contribution in [2.75, 3.05) is 56.9 Å². The van der Waals surface area contributed by atoms with E-state index in [2.05, 4.69) is 15.3 Å². The number of amides is 4. The van der Waals surface area contributed by atoms with Crippen LogP contribution in [0.5, 0.6) is 0 Å². The molecular formula is C23H30ClN7O3. The van der Waals surface area contributed by atoms with Gasteiger partial charge in [0.05, 0.1) is 5.52 Å². The lowest BCUT2D eigenvalue weighted by atomic mass is 10.1. The Bertz CT molecular complexity index is 1080. The molecule has 3 N–H and O–H groups in total. The van der Waals surface area contributed by atoms with Crippen LogP contribution >= 0.6 is 11.6 Å². The van der Waals surface area contributed by atoms with Crippen molar-refractivity contribution in [2.45, 2.75) is 25.7 Å². The minimum atomic E-state index is -0.344. The summed E-state index contributed by atoms with van der Waals surface area (Å²) in [4.78, 5) is 47.2. The van der Waals surface area contributed by atoms with Crippen molar-refractivity contribution in [2.24, 2.45) is 0 Å². The molecule has 182 valence electrons. The molecule has 3 heterocycles. The Labute approximate surface area is 203 Å². The lowest BCUT2D eigenvalue weighted by Gasteiger charge is -2.37. The van der Waals surface area contributed by atoms with Gasteiger partial charge < -0.3 is 20.4 Å². The van der Waals surface area contributed by atoms with E-state index in [9.17, 15) is 14.4 Å². The van der Waals surface area contributed by atoms with Gasteiger partial charge >= 0.3 is 6.03 Å². The van der Waals surface area contributed by atoms with Crippen LogP contribution < -0.4 is 16.1 Å². The standard InChI is InChI=1S/C23H30ClN7O3/c1-28(22(33)15-31-8-4-2-3-5-21(31)32)27-23(34)30-11-9-29(10-12-30)19-14-20(25)26-18-13-16(24)6-7-17(18)19/h6-7,13-14H,2-5,8-12,15H2,1H3,(H2,25,26)(H,27,34). The van der Waals surface area contributed by atoms with Gasteiger partial charge in [0.15, 0.2) is 0 Å². The Hall–Kier alpha value is -3.27. The summed E-state index contributed by atoms with van der Waals surface area (Å²) in [6.07, 6.45) is 3.21. The van der Waals surface area contributed by atoms with Gasteiger partial charge in [-0.3, -0.25) is 14.6 Å². The number of urea groups is 1. The van der Waals surface area contributed by atoms with E-state index >= 15 is 0 Å². The van der Waals surface area contributed by atoms with Gasteiger partial charge in [0.1, 0.15) is 12.4 Å². The number of hydrogen-bond donors (Lipinski definition) is 2. The molecule has 10 nitrogen and oxygen atoms in total. The average Bonchev–Trinajstić information content (AvgIpc) is 3.02. The van der Waals surface area contributed by atoms with Crippen molar-refractivity contribution >= 4 is 51.9 Å². The quantitative estimate of drug-likeness (QED) is 0.640. The monoisotopic (exact) mass is 487 g/mol. The van der Waals surface area contributed by atoms with Gasteiger partial charge in [-0.15, -0.1) is 0 Å². The molecule has 1 aromatic carbocycles. The SMILES string of the molecule is CN(NC(=O)N1CCN(c2cc(N)nc3cc(Cl)ccc23)CC1)C(=O)CN1CCCCCC1=O. The second-order valence-corrected chi connectivity index (χ2v) is 9.13. The van der Waals surface area contributed by atoms with Crippen LogP contribution in [0.4, 0.5) is 16.3 Å². The highest BCUT2D eigenvalue weighted by Gasteiger charge is 2.26. The maximum absolute atomic E-state index is 12.7. The molecule has 2 aliphatic heterocycles. The first-order valence-electron chi connectivity index (χ1n) is 11.5. The van der Waals surface area contributed by atoms with Gasteiger partial charge in [0.25, 0.3) is 5.91 Å². The lowest BCUT2D eigenvalue weighted by molar-refractivity contribution is -0.140. The maximum Gasteiger partial charge on any atom is 0.336 e. The number of nitrogens with zero attached hydrogens (tertiary/aromatic N) is 5. The van der Waals surface area contributed by atoms with Gasteiger partial charge in [-0.05, 0) is 31.0 Å². The number of nitrogens with one attached hydrogen (secondary N) is 1. The zero-order valence-electron chi connectivity index (χ0n) is 19.3. The summed E-state index contributed by atoms with van der Waals surface area (Å²) in [6, 6.07) is 7.02. The van der Waals surface area contributed by atoms with Gasteiger partial charge in [0, 0.05) is 68.4 Å². The Morgan fingerprint density at radius 2 is 1.88 bits per heavy atom. The van der Waals surface area contributed by atoms with Crippen LogP contribution in [0.15, 0.2) is 24.3 Å². The molecule has 0 saturated carbocycles. The van der Waals surface area contributed by atoms with Crippen molar-refractivity contribution < 1.29 is 14.4 Å². The number of rotatable bonds is 3. The number of carbonyl (C=O) groups excluding carboxylic acids is 3. The number of anilines is 2. The van der Waals surface area contributed by atoms with Crippen molar-refractivity contribution in [3.8, 4) is 0 Å².